The lowest BCUT2D eigenvalue weighted by Crippen LogP contribution is -2.32. The molecule has 0 saturated heterocycles. The van der Waals surface area contributed by atoms with E-state index in [9.17, 15) is 0 Å². The molecule has 0 radical (unpaired) electrons. The fraction of sp³-hybridized carbons (Fsp3) is 0.304. The van der Waals surface area contributed by atoms with E-state index in [0.29, 0.717) is 0 Å². The Morgan fingerprint density at radius 2 is 1.72 bits per heavy atom. The third-order valence-corrected chi connectivity index (χ3v) is 5.28. The first-order valence-electron chi connectivity index (χ1n) is 9.74. The molecule has 1 aliphatic heterocycles. The zero-order chi connectivity index (χ0) is 20.2. The zero-order valence-electron chi connectivity index (χ0n) is 17.1. The maximum absolute atomic E-state index is 5.47. The van der Waals surface area contributed by atoms with Crippen LogP contribution in [0, 0.1) is 0 Å². The minimum absolute atomic E-state index is 0.752. The summed E-state index contributed by atoms with van der Waals surface area (Å²) in [4.78, 5) is 13.7. The minimum atomic E-state index is 0.752. The first-order chi connectivity index (χ1) is 14.2. The Kier molecular flexibility index (Phi) is 5.51. The summed E-state index contributed by atoms with van der Waals surface area (Å²) in [6, 6.07) is 16.5. The van der Waals surface area contributed by atoms with Crippen LogP contribution >= 0.6 is 0 Å². The summed E-state index contributed by atoms with van der Waals surface area (Å²) >= 11 is 0. The lowest BCUT2D eigenvalue weighted by Gasteiger charge is -2.30. The number of anilines is 2. The number of aromatic nitrogens is 2. The molecule has 0 saturated carbocycles. The van der Waals surface area contributed by atoms with Gasteiger partial charge in [-0.1, -0.05) is 30.3 Å². The highest BCUT2D eigenvalue weighted by atomic mass is 16.5. The molecule has 0 fully saturated rings. The van der Waals surface area contributed by atoms with Crippen LogP contribution in [0.25, 0.3) is 0 Å². The molecule has 0 unspecified atom stereocenters. The van der Waals surface area contributed by atoms with Crippen molar-refractivity contribution >= 4 is 11.8 Å². The van der Waals surface area contributed by atoms with Crippen LogP contribution in [0.15, 0.2) is 54.7 Å². The van der Waals surface area contributed by atoms with Crippen molar-refractivity contribution in [2.24, 2.45) is 0 Å². The van der Waals surface area contributed by atoms with Crippen LogP contribution in [-0.4, -0.2) is 37.8 Å². The van der Waals surface area contributed by atoms with Crippen LogP contribution in [0.4, 0.5) is 11.8 Å². The normalized spacial score (nSPS) is 13.0. The molecule has 2 heterocycles. The van der Waals surface area contributed by atoms with Crippen LogP contribution in [-0.2, 0) is 19.5 Å². The summed E-state index contributed by atoms with van der Waals surface area (Å²) in [6.45, 7) is 2.42. The molecule has 150 valence electrons. The highest BCUT2D eigenvalue weighted by Gasteiger charge is 2.21. The molecule has 1 aliphatic rings. The highest BCUT2D eigenvalue weighted by molar-refractivity contribution is 5.51. The quantitative estimate of drug-likeness (QED) is 0.640. The van der Waals surface area contributed by atoms with Gasteiger partial charge in [-0.2, -0.15) is 4.98 Å². The minimum Gasteiger partial charge on any atom is -0.493 e. The lowest BCUT2D eigenvalue weighted by atomic mass is 9.99. The molecule has 0 aliphatic carbocycles. The monoisotopic (exact) mass is 390 g/mol. The largest absolute Gasteiger partial charge is 0.493 e. The Balaban J connectivity index is 1.53. The topological polar surface area (TPSA) is 50.7 Å². The first-order valence-corrected chi connectivity index (χ1v) is 9.74. The summed E-state index contributed by atoms with van der Waals surface area (Å²) in [5.41, 5.74) is 3.76. The third-order valence-electron chi connectivity index (χ3n) is 5.28. The molecule has 0 N–H and O–H groups in total. The zero-order valence-corrected chi connectivity index (χ0v) is 17.1. The van der Waals surface area contributed by atoms with Crippen molar-refractivity contribution in [2.45, 2.75) is 19.5 Å². The summed E-state index contributed by atoms with van der Waals surface area (Å²) < 4.78 is 10.9. The van der Waals surface area contributed by atoms with Gasteiger partial charge in [-0.15, -0.1) is 0 Å². The van der Waals surface area contributed by atoms with Crippen molar-refractivity contribution in [3.63, 3.8) is 0 Å². The standard InChI is InChI=1S/C23H26N4O2/c1-26(15-17-7-5-4-6-8-17)22-9-11-24-23(25-22)27-12-10-18-13-20(28-2)21(29-3)14-19(18)16-27/h4-9,11,13-14H,10,12,15-16H2,1-3H3. The molecule has 6 heteroatoms. The maximum Gasteiger partial charge on any atom is 0.227 e. The van der Waals surface area contributed by atoms with E-state index in [1.807, 2.05) is 18.3 Å². The second kappa shape index (κ2) is 8.39. The number of nitrogens with zero attached hydrogens (tertiary/aromatic N) is 4. The summed E-state index contributed by atoms with van der Waals surface area (Å²) in [5, 5.41) is 0. The maximum atomic E-state index is 5.47. The van der Waals surface area contributed by atoms with E-state index in [1.54, 1.807) is 14.2 Å². The van der Waals surface area contributed by atoms with E-state index >= 15 is 0 Å². The van der Waals surface area contributed by atoms with Crippen LogP contribution in [0.3, 0.4) is 0 Å². The van der Waals surface area contributed by atoms with Gasteiger partial charge < -0.3 is 19.3 Å². The molecule has 0 spiro atoms. The average molecular weight is 390 g/mol. The number of benzene rings is 2. The Labute approximate surface area is 171 Å². The average Bonchev–Trinajstić information content (AvgIpc) is 2.78. The van der Waals surface area contributed by atoms with E-state index in [4.69, 9.17) is 14.5 Å². The fourth-order valence-electron chi connectivity index (χ4n) is 3.70. The lowest BCUT2D eigenvalue weighted by molar-refractivity contribution is 0.353. The number of hydrogen-bond donors (Lipinski definition) is 0. The molecule has 1 aromatic heterocycles. The van der Waals surface area contributed by atoms with Gasteiger partial charge in [0.25, 0.3) is 0 Å². The van der Waals surface area contributed by atoms with Gasteiger partial charge >= 0.3 is 0 Å². The molecule has 2 aromatic carbocycles. The summed E-state index contributed by atoms with van der Waals surface area (Å²) in [5.74, 6) is 3.20. The SMILES string of the molecule is COc1cc2c(cc1OC)CN(c1nccc(N(C)Cc3ccccc3)n1)CC2. The van der Waals surface area contributed by atoms with Crippen LogP contribution in [0.5, 0.6) is 11.5 Å². The highest BCUT2D eigenvalue weighted by Crippen LogP contribution is 2.34. The van der Waals surface area contributed by atoms with Crippen molar-refractivity contribution in [1.82, 2.24) is 9.97 Å². The Morgan fingerprint density at radius 3 is 2.45 bits per heavy atom. The predicted molar refractivity (Wildman–Crippen MR) is 115 cm³/mol. The first kappa shape index (κ1) is 19.1. The Hall–Kier alpha value is -3.28. The van der Waals surface area contributed by atoms with Crippen molar-refractivity contribution in [3.8, 4) is 11.5 Å². The molecule has 4 rings (SSSR count). The fourth-order valence-corrected chi connectivity index (χ4v) is 3.70. The van der Waals surface area contributed by atoms with E-state index in [-0.39, 0.29) is 0 Å². The molecular formula is C23H26N4O2. The number of rotatable bonds is 6. The number of hydrogen-bond acceptors (Lipinski definition) is 6. The van der Waals surface area contributed by atoms with Gasteiger partial charge in [0.15, 0.2) is 11.5 Å². The molecule has 6 nitrogen and oxygen atoms in total. The third kappa shape index (κ3) is 4.11. The molecule has 3 aromatic rings. The van der Waals surface area contributed by atoms with Crippen LogP contribution in [0.1, 0.15) is 16.7 Å². The molecule has 29 heavy (non-hydrogen) atoms. The van der Waals surface area contributed by atoms with Gasteiger partial charge in [-0.05, 0) is 41.3 Å². The van der Waals surface area contributed by atoms with Gasteiger partial charge in [-0.3, -0.25) is 0 Å². The Morgan fingerprint density at radius 1 is 1.00 bits per heavy atom. The number of fused-ring (bicyclic) bond motifs is 1. The predicted octanol–water partition coefficient (Wildman–Crippen LogP) is 3.69. The summed E-state index contributed by atoms with van der Waals surface area (Å²) in [7, 11) is 5.40. The number of ether oxygens (including phenoxy) is 2. The molecule has 0 amide bonds. The van der Waals surface area contributed by atoms with Gasteiger partial charge in [0.05, 0.1) is 14.2 Å². The Bertz CT molecular complexity index is 978. The second-order valence-corrected chi connectivity index (χ2v) is 7.20. The van der Waals surface area contributed by atoms with E-state index in [2.05, 4.69) is 58.2 Å². The van der Waals surface area contributed by atoms with Gasteiger partial charge in [0, 0.05) is 32.9 Å². The van der Waals surface area contributed by atoms with Gasteiger partial charge in [0.2, 0.25) is 5.95 Å². The van der Waals surface area contributed by atoms with E-state index in [1.165, 1.54) is 16.7 Å². The molecule has 0 bridgehead atoms. The van der Waals surface area contributed by atoms with Gasteiger partial charge in [0.1, 0.15) is 5.82 Å². The second-order valence-electron chi connectivity index (χ2n) is 7.20. The number of methoxy groups -OCH3 is 2. The van der Waals surface area contributed by atoms with Gasteiger partial charge in [-0.25, -0.2) is 4.98 Å². The summed E-state index contributed by atoms with van der Waals surface area (Å²) in [6.07, 6.45) is 2.76. The van der Waals surface area contributed by atoms with Crippen molar-refractivity contribution in [1.29, 1.82) is 0 Å². The van der Waals surface area contributed by atoms with Crippen molar-refractivity contribution in [2.75, 3.05) is 37.6 Å². The smallest absolute Gasteiger partial charge is 0.227 e. The van der Waals surface area contributed by atoms with Crippen LogP contribution in [0.2, 0.25) is 0 Å². The van der Waals surface area contributed by atoms with E-state index in [0.717, 1.165) is 49.3 Å². The molecular weight excluding hydrogens is 364 g/mol. The van der Waals surface area contributed by atoms with Crippen molar-refractivity contribution < 1.29 is 9.47 Å². The van der Waals surface area contributed by atoms with Crippen molar-refractivity contribution in [3.05, 3.63) is 71.4 Å². The van der Waals surface area contributed by atoms with Crippen LogP contribution < -0.4 is 19.3 Å². The van der Waals surface area contributed by atoms with E-state index < -0.39 is 0 Å². The molecule has 0 atom stereocenters.